The van der Waals surface area contributed by atoms with Crippen LogP contribution < -0.4 is 0 Å². The summed E-state index contributed by atoms with van der Waals surface area (Å²) in [5.74, 6) is 1.40. The fourth-order valence-electron chi connectivity index (χ4n) is 4.01. The van der Waals surface area contributed by atoms with Gasteiger partial charge in [0.15, 0.2) is 0 Å². The summed E-state index contributed by atoms with van der Waals surface area (Å²) in [6.45, 7) is 6.35. The number of hydrogen-bond donors (Lipinski definition) is 0. The molecule has 1 aliphatic carbocycles. The first kappa shape index (κ1) is 15.5. The Morgan fingerprint density at radius 2 is 1.91 bits per heavy atom. The summed E-state index contributed by atoms with van der Waals surface area (Å²) in [5, 5.41) is 8.79. The molecule has 3 nitrogen and oxygen atoms in total. The third-order valence-corrected chi connectivity index (χ3v) is 5.42. The monoisotopic (exact) mass is 298 g/mol. The van der Waals surface area contributed by atoms with E-state index in [1.54, 1.807) is 0 Å². The highest BCUT2D eigenvalue weighted by Gasteiger charge is 2.32. The summed E-state index contributed by atoms with van der Waals surface area (Å²) in [4.78, 5) is 2.63. The molecule has 0 amide bonds. The molecule has 0 spiro atoms. The molecule has 1 saturated heterocycles. The van der Waals surface area contributed by atoms with Crippen LogP contribution in [0.25, 0.3) is 0 Å². The van der Waals surface area contributed by atoms with E-state index in [1.165, 1.54) is 24.8 Å². The number of nitrogens with zero attached hydrogens (tertiary/aromatic N) is 2. The van der Waals surface area contributed by atoms with Crippen molar-refractivity contribution < 1.29 is 4.74 Å². The molecule has 3 heteroatoms. The lowest BCUT2D eigenvalue weighted by atomic mass is 9.74. The minimum absolute atomic E-state index is 0.511. The van der Waals surface area contributed by atoms with Crippen LogP contribution in [0.1, 0.15) is 43.2 Å². The van der Waals surface area contributed by atoms with Crippen molar-refractivity contribution in [3.05, 3.63) is 35.4 Å². The van der Waals surface area contributed by atoms with Crippen molar-refractivity contribution in [1.82, 2.24) is 4.90 Å². The molecule has 1 heterocycles. The average molecular weight is 298 g/mol. The molecule has 0 radical (unpaired) electrons. The van der Waals surface area contributed by atoms with Gasteiger partial charge in [-0.15, -0.1) is 0 Å². The number of benzene rings is 1. The molecule has 1 aliphatic heterocycles. The lowest BCUT2D eigenvalue weighted by molar-refractivity contribution is 0.00271. The normalized spacial score (nSPS) is 29.9. The van der Waals surface area contributed by atoms with Gasteiger partial charge in [0.05, 0.1) is 25.7 Å². The van der Waals surface area contributed by atoms with Crippen molar-refractivity contribution in [2.24, 2.45) is 5.92 Å². The second-order valence-corrected chi connectivity index (χ2v) is 6.78. The summed E-state index contributed by atoms with van der Waals surface area (Å²) in [6, 6.07) is 11.7. The first-order valence-electron chi connectivity index (χ1n) is 8.55. The number of rotatable bonds is 3. The Labute approximate surface area is 133 Å². The number of morpholine rings is 1. The van der Waals surface area contributed by atoms with E-state index in [9.17, 15) is 0 Å². The van der Waals surface area contributed by atoms with Gasteiger partial charge in [-0.1, -0.05) is 31.2 Å². The molecule has 1 saturated carbocycles. The summed E-state index contributed by atoms with van der Waals surface area (Å²) in [5.41, 5.74) is 2.58. The van der Waals surface area contributed by atoms with Crippen LogP contribution in [0.15, 0.2) is 24.3 Å². The molecule has 2 fully saturated rings. The maximum atomic E-state index is 8.79. The Balaban J connectivity index is 1.69. The van der Waals surface area contributed by atoms with Gasteiger partial charge >= 0.3 is 0 Å². The topological polar surface area (TPSA) is 36.3 Å². The highest BCUT2D eigenvalue weighted by Crippen LogP contribution is 2.39. The highest BCUT2D eigenvalue weighted by molar-refractivity contribution is 5.28. The molecule has 3 unspecified atom stereocenters. The fraction of sp³-hybridized carbons (Fsp3) is 0.632. The average Bonchev–Trinajstić information content (AvgIpc) is 2.57. The standard InChI is InChI=1S/C19H26N2O/c1-15-2-7-18(21-10-12-22-13-11-21)14-19(15)17-5-3-16(4-6-17)8-9-20/h3-6,15,18-19H,2,7-8,10-14H2,1H3. The van der Waals surface area contributed by atoms with Gasteiger partial charge in [-0.3, -0.25) is 4.90 Å². The third-order valence-electron chi connectivity index (χ3n) is 5.42. The fourth-order valence-corrected chi connectivity index (χ4v) is 4.01. The predicted octanol–water partition coefficient (Wildman–Crippen LogP) is 3.36. The molecule has 1 aromatic rings. The summed E-state index contributed by atoms with van der Waals surface area (Å²) >= 11 is 0. The lowest BCUT2D eigenvalue weighted by Gasteiger charge is -2.42. The molecule has 0 N–H and O–H groups in total. The molecule has 0 bridgehead atoms. The molecule has 22 heavy (non-hydrogen) atoms. The molecule has 3 atom stereocenters. The van der Waals surface area contributed by atoms with E-state index in [4.69, 9.17) is 10.00 Å². The van der Waals surface area contributed by atoms with Gasteiger partial charge < -0.3 is 4.74 Å². The number of nitriles is 1. The highest BCUT2D eigenvalue weighted by atomic mass is 16.5. The lowest BCUT2D eigenvalue weighted by Crippen LogP contribution is -2.46. The van der Waals surface area contributed by atoms with Crippen LogP contribution in [0.2, 0.25) is 0 Å². The maximum Gasteiger partial charge on any atom is 0.0669 e. The molecule has 0 aromatic heterocycles. The van der Waals surface area contributed by atoms with Gasteiger partial charge in [-0.2, -0.15) is 5.26 Å². The number of hydrogen-bond acceptors (Lipinski definition) is 3. The van der Waals surface area contributed by atoms with Crippen molar-refractivity contribution in [3.8, 4) is 6.07 Å². The largest absolute Gasteiger partial charge is 0.379 e. The summed E-state index contributed by atoms with van der Waals surface area (Å²) < 4.78 is 5.49. The van der Waals surface area contributed by atoms with Crippen LogP contribution in [-0.4, -0.2) is 37.2 Å². The van der Waals surface area contributed by atoms with Crippen molar-refractivity contribution in [2.45, 2.75) is 44.6 Å². The van der Waals surface area contributed by atoms with E-state index >= 15 is 0 Å². The van der Waals surface area contributed by atoms with Crippen molar-refractivity contribution in [3.63, 3.8) is 0 Å². The molecular formula is C19H26N2O. The van der Waals surface area contributed by atoms with Crippen molar-refractivity contribution in [2.75, 3.05) is 26.3 Å². The summed E-state index contributed by atoms with van der Waals surface area (Å²) in [6.07, 6.45) is 4.41. The van der Waals surface area contributed by atoms with Crippen molar-refractivity contribution in [1.29, 1.82) is 5.26 Å². The predicted molar refractivity (Wildman–Crippen MR) is 87.7 cm³/mol. The van der Waals surface area contributed by atoms with E-state index < -0.39 is 0 Å². The Morgan fingerprint density at radius 3 is 2.59 bits per heavy atom. The van der Waals surface area contributed by atoms with Crippen LogP contribution in [0, 0.1) is 17.2 Å². The zero-order chi connectivity index (χ0) is 15.4. The first-order valence-corrected chi connectivity index (χ1v) is 8.55. The van der Waals surface area contributed by atoms with E-state index in [0.717, 1.165) is 37.8 Å². The smallest absolute Gasteiger partial charge is 0.0669 e. The summed E-state index contributed by atoms with van der Waals surface area (Å²) in [7, 11) is 0. The Kier molecular flexibility index (Phi) is 5.12. The van der Waals surface area contributed by atoms with Crippen LogP contribution in [0.4, 0.5) is 0 Å². The van der Waals surface area contributed by atoms with Gasteiger partial charge in [-0.05, 0) is 42.2 Å². The van der Waals surface area contributed by atoms with Crippen LogP contribution >= 0.6 is 0 Å². The van der Waals surface area contributed by atoms with Crippen LogP contribution in [0.5, 0.6) is 0 Å². The second kappa shape index (κ2) is 7.26. The van der Waals surface area contributed by atoms with E-state index in [0.29, 0.717) is 18.4 Å². The van der Waals surface area contributed by atoms with Gasteiger partial charge in [0.2, 0.25) is 0 Å². The zero-order valence-corrected chi connectivity index (χ0v) is 13.5. The van der Waals surface area contributed by atoms with Gasteiger partial charge in [0.1, 0.15) is 0 Å². The minimum atomic E-state index is 0.511. The molecule has 1 aromatic carbocycles. The molecule has 3 rings (SSSR count). The Morgan fingerprint density at radius 1 is 1.18 bits per heavy atom. The molecular weight excluding hydrogens is 272 g/mol. The minimum Gasteiger partial charge on any atom is -0.379 e. The maximum absolute atomic E-state index is 8.79. The van der Waals surface area contributed by atoms with E-state index in [2.05, 4.69) is 42.2 Å². The van der Waals surface area contributed by atoms with E-state index in [1.807, 2.05) is 0 Å². The SMILES string of the molecule is CC1CCC(N2CCOCC2)CC1c1ccc(CC#N)cc1. The zero-order valence-electron chi connectivity index (χ0n) is 13.5. The van der Waals surface area contributed by atoms with Crippen molar-refractivity contribution >= 4 is 0 Å². The van der Waals surface area contributed by atoms with Crippen LogP contribution in [-0.2, 0) is 11.2 Å². The van der Waals surface area contributed by atoms with Gasteiger partial charge in [-0.25, -0.2) is 0 Å². The van der Waals surface area contributed by atoms with Crippen LogP contribution in [0.3, 0.4) is 0 Å². The molecule has 118 valence electrons. The van der Waals surface area contributed by atoms with Gasteiger partial charge in [0.25, 0.3) is 0 Å². The Bertz CT molecular complexity index is 513. The number of ether oxygens (including phenoxy) is 1. The Hall–Kier alpha value is -1.37. The quantitative estimate of drug-likeness (QED) is 0.858. The van der Waals surface area contributed by atoms with Gasteiger partial charge in [0, 0.05) is 19.1 Å². The molecule has 2 aliphatic rings. The van der Waals surface area contributed by atoms with E-state index in [-0.39, 0.29) is 0 Å². The third kappa shape index (κ3) is 3.51. The first-order chi connectivity index (χ1) is 10.8. The second-order valence-electron chi connectivity index (χ2n) is 6.78.